The van der Waals surface area contributed by atoms with Gasteiger partial charge in [0.25, 0.3) is 0 Å². The molecule has 0 unspecified atom stereocenters. The summed E-state index contributed by atoms with van der Waals surface area (Å²) in [5.74, 6) is 0. The molecule has 0 atom stereocenters. The predicted molar refractivity (Wildman–Crippen MR) is 86.2 cm³/mol. The van der Waals surface area contributed by atoms with Crippen molar-refractivity contribution >= 4 is 22.7 Å². The van der Waals surface area contributed by atoms with Crippen LogP contribution in [-0.4, -0.2) is 11.5 Å². The lowest BCUT2D eigenvalue weighted by Gasteiger charge is -2.17. The maximum atomic E-state index is 4.92. The van der Waals surface area contributed by atoms with Crippen molar-refractivity contribution in [2.24, 2.45) is 0 Å². The molecule has 0 spiro atoms. The Morgan fingerprint density at radius 1 is 1.26 bits per heavy atom. The Bertz CT molecular complexity index is 547. The second-order valence-electron chi connectivity index (χ2n) is 5.79. The van der Waals surface area contributed by atoms with Gasteiger partial charge in [-0.1, -0.05) is 27.7 Å². The number of hydrogen-bond donors (Lipinski definition) is 1. The molecule has 2 nitrogen and oxygen atoms in total. The quantitative estimate of drug-likeness (QED) is 0.892. The Morgan fingerprint density at radius 2 is 2.00 bits per heavy atom. The summed E-state index contributed by atoms with van der Waals surface area (Å²) in [6, 6.07) is 0. The maximum Gasteiger partial charge on any atom is 0.125 e. The van der Waals surface area contributed by atoms with Crippen molar-refractivity contribution in [3.8, 4) is 10.6 Å². The topological polar surface area (TPSA) is 24.9 Å². The molecule has 0 bridgehead atoms. The Hall–Kier alpha value is -0.710. The number of thiophene rings is 1. The highest BCUT2D eigenvalue weighted by atomic mass is 32.1. The van der Waals surface area contributed by atoms with Crippen LogP contribution in [0.3, 0.4) is 0 Å². The first-order valence-corrected chi connectivity index (χ1v) is 8.43. The molecule has 0 saturated carbocycles. The molecule has 0 fully saturated rings. The van der Waals surface area contributed by atoms with Gasteiger partial charge in [0.1, 0.15) is 5.01 Å². The van der Waals surface area contributed by atoms with E-state index in [9.17, 15) is 0 Å². The van der Waals surface area contributed by atoms with Gasteiger partial charge in [-0.3, -0.25) is 0 Å². The average molecular weight is 294 g/mol. The van der Waals surface area contributed by atoms with Gasteiger partial charge in [-0.25, -0.2) is 4.98 Å². The molecule has 0 radical (unpaired) electrons. The van der Waals surface area contributed by atoms with Crippen molar-refractivity contribution in [1.82, 2.24) is 10.3 Å². The minimum Gasteiger partial charge on any atom is -0.312 e. The lowest BCUT2D eigenvalue weighted by Crippen LogP contribution is -2.18. The predicted octanol–water partition coefficient (Wildman–Crippen LogP) is 4.59. The van der Waals surface area contributed by atoms with Crippen molar-refractivity contribution in [2.75, 3.05) is 6.54 Å². The Kier molecular flexibility index (Phi) is 4.43. The molecule has 104 valence electrons. The summed E-state index contributed by atoms with van der Waals surface area (Å²) in [7, 11) is 0. The molecule has 2 rings (SSSR count). The first-order valence-electron chi connectivity index (χ1n) is 6.67. The van der Waals surface area contributed by atoms with Crippen LogP contribution in [-0.2, 0) is 12.0 Å². The van der Waals surface area contributed by atoms with Gasteiger partial charge in [0.2, 0.25) is 0 Å². The van der Waals surface area contributed by atoms with Crippen molar-refractivity contribution in [3.63, 3.8) is 0 Å². The monoisotopic (exact) mass is 294 g/mol. The Labute approximate surface area is 123 Å². The molecule has 0 aromatic carbocycles. The van der Waals surface area contributed by atoms with Crippen LogP contribution >= 0.6 is 22.7 Å². The summed E-state index contributed by atoms with van der Waals surface area (Å²) in [6.07, 6.45) is 0. The van der Waals surface area contributed by atoms with Crippen LogP contribution in [0.2, 0.25) is 0 Å². The fourth-order valence-corrected chi connectivity index (χ4v) is 4.22. The normalized spacial score (nSPS) is 12.1. The smallest absolute Gasteiger partial charge is 0.125 e. The summed E-state index contributed by atoms with van der Waals surface area (Å²) < 4.78 is 0. The first kappa shape index (κ1) is 14.7. The van der Waals surface area contributed by atoms with E-state index in [0.717, 1.165) is 18.1 Å². The first-order chi connectivity index (χ1) is 8.93. The molecule has 2 heterocycles. The van der Waals surface area contributed by atoms with E-state index in [1.807, 2.05) is 11.3 Å². The summed E-state index contributed by atoms with van der Waals surface area (Å²) in [6.45, 7) is 12.9. The van der Waals surface area contributed by atoms with Crippen molar-refractivity contribution in [2.45, 2.75) is 46.6 Å². The molecular formula is C15H22N2S2. The molecule has 0 aliphatic heterocycles. The van der Waals surface area contributed by atoms with Gasteiger partial charge in [0.15, 0.2) is 0 Å². The van der Waals surface area contributed by atoms with E-state index < -0.39 is 0 Å². The number of thiazole rings is 1. The van der Waals surface area contributed by atoms with Gasteiger partial charge >= 0.3 is 0 Å². The van der Waals surface area contributed by atoms with Crippen molar-refractivity contribution in [1.29, 1.82) is 0 Å². The summed E-state index contributed by atoms with van der Waals surface area (Å²) in [4.78, 5) is 6.29. The number of aryl methyl sites for hydroxylation is 1. The number of nitrogens with one attached hydrogen (secondary N) is 1. The summed E-state index contributed by atoms with van der Waals surface area (Å²) in [5.41, 5.74) is 3.96. The molecule has 2 aromatic rings. The van der Waals surface area contributed by atoms with E-state index in [4.69, 9.17) is 4.98 Å². The van der Waals surface area contributed by atoms with Gasteiger partial charge < -0.3 is 5.32 Å². The fraction of sp³-hybridized carbons (Fsp3) is 0.533. The minimum absolute atomic E-state index is 0.101. The van der Waals surface area contributed by atoms with E-state index >= 15 is 0 Å². The fourth-order valence-electron chi connectivity index (χ4n) is 1.99. The SMILES string of the molecule is CCNCc1sc(-c2cscc2C)nc1C(C)(C)C. The molecule has 0 aliphatic rings. The third-order valence-corrected chi connectivity index (χ3v) is 4.98. The summed E-state index contributed by atoms with van der Waals surface area (Å²) in [5, 5.41) is 8.98. The lowest BCUT2D eigenvalue weighted by molar-refractivity contribution is 0.561. The molecule has 2 aromatic heterocycles. The third kappa shape index (κ3) is 3.25. The van der Waals surface area contributed by atoms with E-state index in [2.05, 4.69) is 50.7 Å². The molecule has 1 N–H and O–H groups in total. The number of nitrogens with zero attached hydrogens (tertiary/aromatic N) is 1. The average Bonchev–Trinajstić information content (AvgIpc) is 2.91. The van der Waals surface area contributed by atoms with Crippen LogP contribution < -0.4 is 5.32 Å². The van der Waals surface area contributed by atoms with Crippen molar-refractivity contribution in [3.05, 3.63) is 26.9 Å². The zero-order chi connectivity index (χ0) is 14.0. The van der Waals surface area contributed by atoms with E-state index in [-0.39, 0.29) is 5.41 Å². The molecule has 0 saturated heterocycles. The van der Waals surface area contributed by atoms with Gasteiger partial charge in [0.05, 0.1) is 5.69 Å². The molecule has 0 aliphatic carbocycles. The van der Waals surface area contributed by atoms with Crippen LogP contribution in [0.5, 0.6) is 0 Å². The van der Waals surface area contributed by atoms with E-state index in [1.54, 1.807) is 11.3 Å². The van der Waals surface area contributed by atoms with Crippen LogP contribution in [0.1, 0.15) is 43.8 Å². The second-order valence-corrected chi connectivity index (χ2v) is 7.62. The third-order valence-electron chi connectivity index (χ3n) is 3.03. The summed E-state index contributed by atoms with van der Waals surface area (Å²) >= 11 is 3.58. The lowest BCUT2D eigenvalue weighted by atomic mass is 9.91. The Balaban J connectivity index is 2.43. The molecule has 19 heavy (non-hydrogen) atoms. The van der Waals surface area contributed by atoms with E-state index in [0.29, 0.717) is 0 Å². The van der Waals surface area contributed by atoms with Crippen LogP contribution in [0.25, 0.3) is 10.6 Å². The number of hydrogen-bond acceptors (Lipinski definition) is 4. The highest BCUT2D eigenvalue weighted by molar-refractivity contribution is 7.15. The molecular weight excluding hydrogens is 272 g/mol. The van der Waals surface area contributed by atoms with Gasteiger partial charge in [-0.15, -0.1) is 11.3 Å². The maximum absolute atomic E-state index is 4.92. The minimum atomic E-state index is 0.101. The number of rotatable bonds is 4. The zero-order valence-electron chi connectivity index (χ0n) is 12.3. The molecule has 0 amide bonds. The molecule has 4 heteroatoms. The largest absolute Gasteiger partial charge is 0.312 e. The van der Waals surface area contributed by atoms with Gasteiger partial charge in [0, 0.05) is 27.8 Å². The standard InChI is InChI=1S/C15H22N2S2/c1-6-16-7-12-13(15(3,4)5)17-14(19-12)11-9-18-8-10(11)2/h8-9,16H,6-7H2,1-5H3. The van der Waals surface area contributed by atoms with Gasteiger partial charge in [-0.05, 0) is 24.4 Å². The second kappa shape index (κ2) is 5.73. The van der Waals surface area contributed by atoms with Crippen LogP contribution in [0.15, 0.2) is 10.8 Å². The highest BCUT2D eigenvalue weighted by Crippen LogP contribution is 2.36. The Morgan fingerprint density at radius 3 is 2.53 bits per heavy atom. The highest BCUT2D eigenvalue weighted by Gasteiger charge is 2.23. The van der Waals surface area contributed by atoms with Crippen molar-refractivity contribution < 1.29 is 0 Å². The van der Waals surface area contributed by atoms with E-state index in [1.165, 1.54) is 21.7 Å². The number of aromatic nitrogens is 1. The van der Waals surface area contributed by atoms with Crippen LogP contribution in [0, 0.1) is 6.92 Å². The van der Waals surface area contributed by atoms with Crippen LogP contribution in [0.4, 0.5) is 0 Å². The zero-order valence-corrected chi connectivity index (χ0v) is 14.0. The van der Waals surface area contributed by atoms with Gasteiger partial charge in [-0.2, -0.15) is 11.3 Å².